The molecular formula is C19H32IN3O3. The van der Waals surface area contributed by atoms with Gasteiger partial charge in [0.2, 0.25) is 0 Å². The minimum atomic E-state index is -0.104. The predicted molar refractivity (Wildman–Crippen MR) is 116 cm³/mol. The number of nitrogens with one attached hydrogen (secondary N) is 2. The lowest BCUT2D eigenvalue weighted by Crippen LogP contribution is -2.69. The number of halogens is 1. The Morgan fingerprint density at radius 2 is 1.81 bits per heavy atom. The van der Waals surface area contributed by atoms with E-state index in [4.69, 9.17) is 14.2 Å². The van der Waals surface area contributed by atoms with E-state index in [1.807, 2.05) is 18.2 Å². The van der Waals surface area contributed by atoms with Crippen molar-refractivity contribution >= 4 is 29.9 Å². The summed E-state index contributed by atoms with van der Waals surface area (Å²) in [5.41, 5.74) is 1.02. The molecule has 0 saturated heterocycles. The second kappa shape index (κ2) is 9.12. The molecule has 0 amide bonds. The molecule has 2 atom stereocenters. The number of guanidine groups is 1. The molecule has 0 aromatic heterocycles. The molecule has 1 aromatic rings. The quantitative estimate of drug-likeness (QED) is 0.375. The van der Waals surface area contributed by atoms with E-state index < -0.39 is 0 Å². The maximum absolute atomic E-state index is 5.68. The van der Waals surface area contributed by atoms with Gasteiger partial charge in [0, 0.05) is 32.2 Å². The number of hydrogen-bond donors (Lipinski definition) is 2. The van der Waals surface area contributed by atoms with Crippen molar-refractivity contribution in [2.24, 2.45) is 10.4 Å². The molecular weight excluding hydrogens is 445 g/mol. The highest BCUT2D eigenvalue weighted by Crippen LogP contribution is 2.51. The SMILES string of the molecule is CN=C(NCc1ccc(OC)c(OC)c1)NC1CC(C)(OC)C1(C)C.I. The normalized spacial score (nSPS) is 24.1. The van der Waals surface area contributed by atoms with Crippen LogP contribution in [0.2, 0.25) is 0 Å². The molecule has 1 saturated carbocycles. The molecule has 148 valence electrons. The maximum Gasteiger partial charge on any atom is 0.191 e. The van der Waals surface area contributed by atoms with Gasteiger partial charge in [-0.1, -0.05) is 19.9 Å². The van der Waals surface area contributed by atoms with Crippen LogP contribution in [0.3, 0.4) is 0 Å². The number of nitrogens with zero attached hydrogens (tertiary/aromatic N) is 1. The Bertz CT molecular complexity index is 636. The van der Waals surface area contributed by atoms with Crippen molar-refractivity contribution in [3.05, 3.63) is 23.8 Å². The largest absolute Gasteiger partial charge is 0.493 e. The van der Waals surface area contributed by atoms with Gasteiger partial charge in [-0.15, -0.1) is 24.0 Å². The molecule has 2 unspecified atom stereocenters. The molecule has 0 heterocycles. The van der Waals surface area contributed by atoms with Crippen molar-refractivity contribution in [3.63, 3.8) is 0 Å². The summed E-state index contributed by atoms with van der Waals surface area (Å²) in [6.07, 6.45) is 0.952. The van der Waals surface area contributed by atoms with E-state index in [2.05, 4.69) is 36.4 Å². The molecule has 0 bridgehead atoms. The van der Waals surface area contributed by atoms with Gasteiger partial charge in [0.1, 0.15) is 0 Å². The van der Waals surface area contributed by atoms with Crippen LogP contribution in [0.5, 0.6) is 11.5 Å². The Morgan fingerprint density at radius 3 is 2.31 bits per heavy atom. The highest BCUT2D eigenvalue weighted by Gasteiger charge is 2.58. The number of rotatable bonds is 6. The van der Waals surface area contributed by atoms with Crippen LogP contribution in [-0.2, 0) is 11.3 Å². The van der Waals surface area contributed by atoms with E-state index in [9.17, 15) is 0 Å². The maximum atomic E-state index is 5.68. The average molecular weight is 477 g/mol. The van der Waals surface area contributed by atoms with Crippen LogP contribution in [-0.4, -0.2) is 46.0 Å². The van der Waals surface area contributed by atoms with E-state index in [0.717, 1.165) is 29.4 Å². The van der Waals surface area contributed by atoms with Gasteiger partial charge in [-0.25, -0.2) is 0 Å². The van der Waals surface area contributed by atoms with Crippen LogP contribution in [0.15, 0.2) is 23.2 Å². The van der Waals surface area contributed by atoms with Crippen LogP contribution < -0.4 is 20.1 Å². The Labute approximate surface area is 174 Å². The van der Waals surface area contributed by atoms with E-state index in [0.29, 0.717) is 12.6 Å². The van der Waals surface area contributed by atoms with Crippen molar-refractivity contribution in [3.8, 4) is 11.5 Å². The lowest BCUT2D eigenvalue weighted by atomic mass is 9.56. The minimum absolute atomic E-state index is 0. The van der Waals surface area contributed by atoms with Gasteiger partial charge < -0.3 is 24.8 Å². The molecule has 1 aromatic carbocycles. The van der Waals surface area contributed by atoms with Gasteiger partial charge >= 0.3 is 0 Å². The van der Waals surface area contributed by atoms with E-state index in [1.165, 1.54) is 0 Å². The standard InChI is InChI=1S/C19H31N3O3.HI/c1-18(2)16(11-19(18,3)25-7)22-17(20-4)21-12-13-8-9-14(23-5)15(10-13)24-6;/h8-10,16H,11-12H2,1-7H3,(H2,20,21,22);1H. The molecule has 7 heteroatoms. The summed E-state index contributed by atoms with van der Waals surface area (Å²) >= 11 is 0. The Balaban J connectivity index is 0.00000338. The fourth-order valence-corrected chi connectivity index (χ4v) is 3.26. The molecule has 1 aliphatic carbocycles. The summed E-state index contributed by atoms with van der Waals surface area (Å²) in [6, 6.07) is 6.20. The number of ether oxygens (including phenoxy) is 3. The zero-order valence-corrected chi connectivity index (χ0v) is 19.1. The molecule has 1 fully saturated rings. The average Bonchev–Trinajstić information content (AvgIpc) is 2.63. The fraction of sp³-hybridized carbons (Fsp3) is 0.632. The number of aliphatic imine (C=N–C) groups is 1. The summed E-state index contributed by atoms with van der Waals surface area (Å²) in [6.45, 7) is 7.25. The molecule has 2 N–H and O–H groups in total. The van der Waals surface area contributed by atoms with Crippen LogP contribution in [0, 0.1) is 5.41 Å². The second-order valence-electron chi connectivity index (χ2n) is 7.17. The van der Waals surface area contributed by atoms with Gasteiger partial charge in [-0.05, 0) is 31.0 Å². The summed E-state index contributed by atoms with van der Waals surface area (Å²) in [5.74, 6) is 2.23. The summed E-state index contributed by atoms with van der Waals surface area (Å²) in [5, 5.41) is 6.87. The molecule has 1 aliphatic rings. The fourth-order valence-electron chi connectivity index (χ4n) is 3.26. The summed E-state index contributed by atoms with van der Waals surface area (Å²) in [7, 11) is 6.84. The topological polar surface area (TPSA) is 64.1 Å². The van der Waals surface area contributed by atoms with Crippen LogP contribution >= 0.6 is 24.0 Å². The van der Waals surface area contributed by atoms with Crippen molar-refractivity contribution < 1.29 is 14.2 Å². The van der Waals surface area contributed by atoms with Crippen molar-refractivity contribution in [1.82, 2.24) is 10.6 Å². The first-order valence-corrected chi connectivity index (χ1v) is 8.54. The molecule has 26 heavy (non-hydrogen) atoms. The molecule has 2 rings (SSSR count). The van der Waals surface area contributed by atoms with Crippen LogP contribution in [0.4, 0.5) is 0 Å². The van der Waals surface area contributed by atoms with Crippen molar-refractivity contribution in [2.45, 2.75) is 45.4 Å². The van der Waals surface area contributed by atoms with E-state index >= 15 is 0 Å². The Morgan fingerprint density at radius 1 is 1.15 bits per heavy atom. The number of hydrogen-bond acceptors (Lipinski definition) is 4. The lowest BCUT2D eigenvalue weighted by molar-refractivity contribution is -0.176. The second-order valence-corrected chi connectivity index (χ2v) is 7.17. The van der Waals surface area contributed by atoms with Gasteiger partial charge in [0.05, 0.1) is 19.8 Å². The third kappa shape index (κ3) is 4.36. The van der Waals surface area contributed by atoms with Gasteiger partial charge in [-0.2, -0.15) is 0 Å². The summed E-state index contributed by atoms with van der Waals surface area (Å²) in [4.78, 5) is 4.34. The molecule has 0 spiro atoms. The van der Waals surface area contributed by atoms with Gasteiger partial charge in [-0.3, -0.25) is 4.99 Å². The zero-order valence-electron chi connectivity index (χ0n) is 16.8. The third-order valence-electron chi connectivity index (χ3n) is 5.72. The predicted octanol–water partition coefficient (Wildman–Crippen LogP) is 3.19. The van der Waals surface area contributed by atoms with Crippen molar-refractivity contribution in [1.29, 1.82) is 0 Å². The van der Waals surface area contributed by atoms with Gasteiger partial charge in [0.25, 0.3) is 0 Å². The van der Waals surface area contributed by atoms with Crippen molar-refractivity contribution in [2.75, 3.05) is 28.4 Å². The molecule has 0 radical (unpaired) electrons. The summed E-state index contributed by atoms with van der Waals surface area (Å²) < 4.78 is 16.3. The zero-order chi connectivity index (χ0) is 18.7. The van der Waals surface area contributed by atoms with E-state index in [1.54, 1.807) is 28.4 Å². The monoisotopic (exact) mass is 477 g/mol. The first-order valence-electron chi connectivity index (χ1n) is 8.54. The van der Waals surface area contributed by atoms with E-state index in [-0.39, 0.29) is 35.0 Å². The van der Waals surface area contributed by atoms with Gasteiger partial charge in [0.15, 0.2) is 17.5 Å². The number of benzene rings is 1. The number of methoxy groups -OCH3 is 3. The smallest absolute Gasteiger partial charge is 0.191 e. The highest BCUT2D eigenvalue weighted by atomic mass is 127. The van der Waals surface area contributed by atoms with Crippen LogP contribution in [0.1, 0.15) is 32.8 Å². The highest BCUT2D eigenvalue weighted by molar-refractivity contribution is 14.0. The molecule has 0 aliphatic heterocycles. The lowest BCUT2D eigenvalue weighted by Gasteiger charge is -2.59. The third-order valence-corrected chi connectivity index (χ3v) is 5.72. The first-order chi connectivity index (χ1) is 11.8. The van der Waals surface area contributed by atoms with Crippen LogP contribution in [0.25, 0.3) is 0 Å². The Hall–Kier alpha value is -1.22. The Kier molecular flexibility index (Phi) is 8.01. The first kappa shape index (κ1) is 22.8. The minimum Gasteiger partial charge on any atom is -0.493 e. The molecule has 6 nitrogen and oxygen atoms in total.